The van der Waals surface area contributed by atoms with Crippen LogP contribution in [0.2, 0.25) is 0 Å². The molecule has 1 unspecified atom stereocenters. The van der Waals surface area contributed by atoms with Gasteiger partial charge in [0.15, 0.2) is 0 Å². The third-order valence-corrected chi connectivity index (χ3v) is 3.77. The summed E-state index contributed by atoms with van der Waals surface area (Å²) in [4.78, 5) is 0. The summed E-state index contributed by atoms with van der Waals surface area (Å²) in [6, 6.07) is 17.5. The molecule has 100 valence electrons. The Morgan fingerprint density at radius 2 is 1.63 bits per heavy atom. The molecule has 0 amide bonds. The molecule has 2 aromatic carbocycles. The van der Waals surface area contributed by atoms with Gasteiger partial charge in [-0.05, 0) is 48.7 Å². The van der Waals surface area contributed by atoms with Crippen LogP contribution in [0.25, 0.3) is 0 Å². The first-order chi connectivity index (χ1) is 9.19. The van der Waals surface area contributed by atoms with E-state index in [2.05, 4.69) is 83.6 Å². The highest BCUT2D eigenvalue weighted by atomic mass is 79.9. The Hall–Kier alpha value is -1.28. The first-order valence-corrected chi connectivity index (χ1v) is 7.59. The molecule has 0 aromatic heterocycles. The standard InChI is InChI=1S/C17H20BrN/c1-3-4-14-5-7-15(8-6-14)13(2)19-17-11-9-16(18)10-12-17/h5-13,19H,3-4H2,1-2H3. The van der Waals surface area contributed by atoms with E-state index in [-0.39, 0.29) is 0 Å². The van der Waals surface area contributed by atoms with E-state index >= 15 is 0 Å². The average Bonchev–Trinajstić information content (AvgIpc) is 2.42. The summed E-state index contributed by atoms with van der Waals surface area (Å²) < 4.78 is 1.11. The predicted octanol–water partition coefficient (Wildman–Crippen LogP) is 5.57. The Morgan fingerprint density at radius 1 is 1.00 bits per heavy atom. The lowest BCUT2D eigenvalue weighted by atomic mass is 10.0. The minimum absolute atomic E-state index is 0.317. The molecule has 0 saturated heterocycles. The summed E-state index contributed by atoms with van der Waals surface area (Å²) in [5.74, 6) is 0. The van der Waals surface area contributed by atoms with Gasteiger partial charge in [0.2, 0.25) is 0 Å². The van der Waals surface area contributed by atoms with Gasteiger partial charge in [-0.25, -0.2) is 0 Å². The zero-order valence-electron chi connectivity index (χ0n) is 11.5. The molecule has 0 saturated carbocycles. The van der Waals surface area contributed by atoms with E-state index in [1.54, 1.807) is 0 Å². The first-order valence-electron chi connectivity index (χ1n) is 6.80. The van der Waals surface area contributed by atoms with E-state index in [4.69, 9.17) is 0 Å². The number of aryl methyl sites for hydroxylation is 1. The van der Waals surface area contributed by atoms with Gasteiger partial charge >= 0.3 is 0 Å². The highest BCUT2D eigenvalue weighted by Gasteiger charge is 2.05. The van der Waals surface area contributed by atoms with Crippen LogP contribution in [0.1, 0.15) is 37.4 Å². The molecule has 0 fully saturated rings. The molecule has 1 nitrogen and oxygen atoms in total. The molecule has 0 heterocycles. The molecule has 0 aliphatic heterocycles. The Morgan fingerprint density at radius 3 is 2.21 bits per heavy atom. The lowest BCUT2D eigenvalue weighted by Crippen LogP contribution is -2.06. The van der Waals surface area contributed by atoms with Crippen LogP contribution < -0.4 is 5.32 Å². The van der Waals surface area contributed by atoms with Gasteiger partial charge in [0.05, 0.1) is 0 Å². The third-order valence-electron chi connectivity index (χ3n) is 3.25. The second-order valence-corrected chi connectivity index (χ2v) is 5.78. The zero-order valence-corrected chi connectivity index (χ0v) is 13.1. The fourth-order valence-electron chi connectivity index (χ4n) is 2.14. The molecule has 19 heavy (non-hydrogen) atoms. The molecular formula is C17H20BrN. The van der Waals surface area contributed by atoms with Crippen molar-refractivity contribution in [2.45, 2.75) is 32.7 Å². The summed E-state index contributed by atoms with van der Waals surface area (Å²) in [7, 11) is 0. The number of hydrogen-bond donors (Lipinski definition) is 1. The predicted molar refractivity (Wildman–Crippen MR) is 86.6 cm³/mol. The molecule has 2 heteroatoms. The molecule has 2 aromatic rings. The van der Waals surface area contributed by atoms with E-state index in [1.165, 1.54) is 17.5 Å². The van der Waals surface area contributed by atoms with Crippen LogP contribution in [0.5, 0.6) is 0 Å². The Kier molecular flexibility index (Phi) is 5.03. The molecule has 1 N–H and O–H groups in total. The monoisotopic (exact) mass is 317 g/mol. The van der Waals surface area contributed by atoms with Gasteiger partial charge in [0, 0.05) is 16.2 Å². The quantitative estimate of drug-likeness (QED) is 0.759. The second kappa shape index (κ2) is 6.76. The Bertz CT molecular complexity index is 502. The van der Waals surface area contributed by atoms with Crippen molar-refractivity contribution in [2.75, 3.05) is 5.32 Å². The van der Waals surface area contributed by atoms with Crippen LogP contribution in [0.4, 0.5) is 5.69 Å². The van der Waals surface area contributed by atoms with Crippen molar-refractivity contribution in [1.29, 1.82) is 0 Å². The summed E-state index contributed by atoms with van der Waals surface area (Å²) in [6.07, 6.45) is 2.36. The van der Waals surface area contributed by atoms with Gasteiger partial charge in [0.1, 0.15) is 0 Å². The molecule has 2 rings (SSSR count). The number of anilines is 1. The maximum Gasteiger partial charge on any atom is 0.0485 e. The molecule has 0 bridgehead atoms. The molecule has 0 spiro atoms. The normalized spacial score (nSPS) is 12.2. The van der Waals surface area contributed by atoms with Crippen molar-refractivity contribution in [3.05, 3.63) is 64.1 Å². The number of benzene rings is 2. The molecule has 0 aliphatic rings. The lowest BCUT2D eigenvalue weighted by Gasteiger charge is -2.16. The van der Waals surface area contributed by atoms with Crippen molar-refractivity contribution >= 4 is 21.6 Å². The largest absolute Gasteiger partial charge is 0.379 e. The second-order valence-electron chi connectivity index (χ2n) is 4.86. The smallest absolute Gasteiger partial charge is 0.0485 e. The minimum atomic E-state index is 0.317. The summed E-state index contributed by atoms with van der Waals surface area (Å²) in [5, 5.41) is 3.52. The van der Waals surface area contributed by atoms with Gasteiger partial charge in [-0.2, -0.15) is 0 Å². The topological polar surface area (TPSA) is 12.0 Å². The summed E-state index contributed by atoms with van der Waals surface area (Å²) in [6.45, 7) is 4.41. The minimum Gasteiger partial charge on any atom is -0.379 e. The van der Waals surface area contributed by atoms with Crippen LogP contribution in [-0.4, -0.2) is 0 Å². The van der Waals surface area contributed by atoms with E-state index in [0.29, 0.717) is 6.04 Å². The Labute approximate surface area is 124 Å². The van der Waals surface area contributed by atoms with Crippen molar-refractivity contribution in [3.8, 4) is 0 Å². The van der Waals surface area contributed by atoms with Crippen LogP contribution >= 0.6 is 15.9 Å². The van der Waals surface area contributed by atoms with Crippen LogP contribution in [0.3, 0.4) is 0 Å². The van der Waals surface area contributed by atoms with Crippen molar-refractivity contribution in [2.24, 2.45) is 0 Å². The maximum atomic E-state index is 3.52. The fraction of sp³-hybridized carbons (Fsp3) is 0.294. The SMILES string of the molecule is CCCc1ccc(C(C)Nc2ccc(Br)cc2)cc1. The van der Waals surface area contributed by atoms with E-state index in [9.17, 15) is 0 Å². The number of rotatable bonds is 5. The fourth-order valence-corrected chi connectivity index (χ4v) is 2.41. The maximum absolute atomic E-state index is 3.52. The number of nitrogens with one attached hydrogen (secondary N) is 1. The van der Waals surface area contributed by atoms with E-state index in [1.807, 2.05) is 0 Å². The number of hydrogen-bond acceptors (Lipinski definition) is 1. The molecule has 1 atom stereocenters. The van der Waals surface area contributed by atoms with Crippen molar-refractivity contribution < 1.29 is 0 Å². The van der Waals surface area contributed by atoms with Crippen molar-refractivity contribution in [1.82, 2.24) is 0 Å². The third kappa shape index (κ3) is 4.10. The highest BCUT2D eigenvalue weighted by Crippen LogP contribution is 2.21. The van der Waals surface area contributed by atoms with Gasteiger partial charge in [0.25, 0.3) is 0 Å². The summed E-state index contributed by atoms with van der Waals surface area (Å²) in [5.41, 5.74) is 3.89. The first kappa shape index (κ1) is 14.1. The molecule has 0 aliphatic carbocycles. The van der Waals surface area contributed by atoms with E-state index in [0.717, 1.165) is 16.6 Å². The molecular weight excluding hydrogens is 298 g/mol. The van der Waals surface area contributed by atoms with Gasteiger partial charge in [-0.3, -0.25) is 0 Å². The van der Waals surface area contributed by atoms with Crippen LogP contribution in [-0.2, 0) is 6.42 Å². The average molecular weight is 318 g/mol. The van der Waals surface area contributed by atoms with Crippen molar-refractivity contribution in [3.63, 3.8) is 0 Å². The van der Waals surface area contributed by atoms with Gasteiger partial charge < -0.3 is 5.32 Å². The Balaban J connectivity index is 2.02. The number of halogens is 1. The van der Waals surface area contributed by atoms with Crippen LogP contribution in [0, 0.1) is 0 Å². The highest BCUT2D eigenvalue weighted by molar-refractivity contribution is 9.10. The lowest BCUT2D eigenvalue weighted by molar-refractivity contribution is 0.876. The zero-order chi connectivity index (χ0) is 13.7. The van der Waals surface area contributed by atoms with Gasteiger partial charge in [-0.15, -0.1) is 0 Å². The van der Waals surface area contributed by atoms with E-state index < -0.39 is 0 Å². The van der Waals surface area contributed by atoms with Crippen LogP contribution in [0.15, 0.2) is 53.0 Å². The summed E-state index contributed by atoms with van der Waals surface area (Å²) >= 11 is 3.45. The molecule has 0 radical (unpaired) electrons. The van der Waals surface area contributed by atoms with Gasteiger partial charge in [-0.1, -0.05) is 53.5 Å².